The molecule has 0 aromatic heterocycles. The summed E-state index contributed by atoms with van der Waals surface area (Å²) in [7, 11) is 1.53. The number of carbonyl (C=O) groups is 1. The molecule has 1 aliphatic carbocycles. The molecule has 1 aromatic carbocycles. The predicted molar refractivity (Wildman–Crippen MR) is 131 cm³/mol. The van der Waals surface area contributed by atoms with Crippen molar-refractivity contribution < 1.29 is 19.0 Å². The van der Waals surface area contributed by atoms with Gasteiger partial charge in [-0.3, -0.25) is 0 Å². The summed E-state index contributed by atoms with van der Waals surface area (Å²) in [6, 6.07) is 11.6. The lowest BCUT2D eigenvalue weighted by atomic mass is 9.58. The van der Waals surface area contributed by atoms with Gasteiger partial charge < -0.3 is 24.8 Å². The molecule has 2 atom stereocenters. The standard InChI is InChI=1S/C27H31N5O4/c1-4-6-7-12-36-22-9-8-18(13-23(22)34-3)24-21-15-32(26(33)35-5-2)11-10-19(21)20(14-28)25(31)27(24,16-29)17-30/h8-10,13,21,24H,4-7,11-12,15,31H2,1-3H3/t21-,24+/m1/s1. The van der Waals surface area contributed by atoms with E-state index in [-0.39, 0.29) is 31.0 Å². The molecule has 0 saturated heterocycles. The Labute approximate surface area is 211 Å². The number of hydrogen-bond donors (Lipinski definition) is 1. The van der Waals surface area contributed by atoms with Crippen molar-refractivity contribution >= 4 is 6.09 Å². The van der Waals surface area contributed by atoms with Gasteiger partial charge in [0.15, 0.2) is 16.9 Å². The molecule has 9 heteroatoms. The van der Waals surface area contributed by atoms with Crippen molar-refractivity contribution in [2.45, 2.75) is 39.0 Å². The topological polar surface area (TPSA) is 145 Å². The van der Waals surface area contributed by atoms with Crippen LogP contribution in [0.2, 0.25) is 0 Å². The lowest BCUT2D eigenvalue weighted by Crippen LogP contribution is -2.49. The molecule has 188 valence electrons. The molecule has 0 bridgehead atoms. The lowest BCUT2D eigenvalue weighted by Gasteiger charge is -2.45. The van der Waals surface area contributed by atoms with Crippen LogP contribution in [0.3, 0.4) is 0 Å². The van der Waals surface area contributed by atoms with Crippen LogP contribution in [0.15, 0.2) is 41.1 Å². The Kier molecular flexibility index (Phi) is 8.46. The summed E-state index contributed by atoms with van der Waals surface area (Å²) in [6.07, 6.45) is 4.29. The minimum Gasteiger partial charge on any atom is -0.493 e. The fourth-order valence-corrected chi connectivity index (χ4v) is 4.95. The summed E-state index contributed by atoms with van der Waals surface area (Å²) in [4.78, 5) is 14.0. The van der Waals surface area contributed by atoms with Crippen LogP contribution in [0.4, 0.5) is 4.79 Å². The van der Waals surface area contributed by atoms with E-state index in [1.165, 1.54) is 12.0 Å². The van der Waals surface area contributed by atoms with Crippen LogP contribution in [0, 0.1) is 45.3 Å². The van der Waals surface area contributed by atoms with Crippen LogP contribution in [0.1, 0.15) is 44.6 Å². The van der Waals surface area contributed by atoms with Gasteiger partial charge in [0.1, 0.15) is 6.07 Å². The number of amides is 1. The van der Waals surface area contributed by atoms with E-state index in [1.54, 1.807) is 31.2 Å². The maximum Gasteiger partial charge on any atom is 0.410 e. The lowest BCUT2D eigenvalue weighted by molar-refractivity contribution is 0.0999. The van der Waals surface area contributed by atoms with Gasteiger partial charge in [0.25, 0.3) is 0 Å². The van der Waals surface area contributed by atoms with Crippen LogP contribution >= 0.6 is 0 Å². The van der Waals surface area contributed by atoms with Gasteiger partial charge in [-0.1, -0.05) is 31.9 Å². The fourth-order valence-electron chi connectivity index (χ4n) is 4.95. The first-order chi connectivity index (χ1) is 17.4. The first-order valence-electron chi connectivity index (χ1n) is 12.1. The molecule has 0 fully saturated rings. The van der Waals surface area contributed by atoms with E-state index in [2.05, 4.69) is 25.1 Å². The third-order valence-corrected chi connectivity index (χ3v) is 6.74. The number of carbonyl (C=O) groups excluding carboxylic acids is 1. The maximum absolute atomic E-state index is 12.5. The number of benzene rings is 1. The molecule has 9 nitrogen and oxygen atoms in total. The number of nitrogens with two attached hydrogens (primary N) is 1. The molecule has 1 heterocycles. The molecule has 2 aliphatic rings. The van der Waals surface area contributed by atoms with E-state index in [0.29, 0.717) is 29.2 Å². The molecule has 1 aromatic rings. The van der Waals surface area contributed by atoms with Crippen molar-refractivity contribution in [3.63, 3.8) is 0 Å². The minimum absolute atomic E-state index is 0.0778. The Bertz CT molecular complexity index is 1170. The summed E-state index contributed by atoms with van der Waals surface area (Å²) < 4.78 is 16.7. The molecular weight excluding hydrogens is 458 g/mol. The van der Waals surface area contributed by atoms with E-state index in [4.69, 9.17) is 19.9 Å². The van der Waals surface area contributed by atoms with Crippen LogP contribution in [-0.2, 0) is 4.74 Å². The highest BCUT2D eigenvalue weighted by atomic mass is 16.6. The van der Waals surface area contributed by atoms with Crippen LogP contribution in [0.5, 0.6) is 11.5 Å². The summed E-state index contributed by atoms with van der Waals surface area (Å²) in [5.41, 5.74) is 5.84. The average Bonchev–Trinajstić information content (AvgIpc) is 2.90. The van der Waals surface area contributed by atoms with E-state index >= 15 is 0 Å². The molecular formula is C27H31N5O4. The van der Waals surface area contributed by atoms with Gasteiger partial charge in [-0.15, -0.1) is 0 Å². The largest absolute Gasteiger partial charge is 0.493 e. The van der Waals surface area contributed by atoms with Gasteiger partial charge in [-0.05, 0) is 36.6 Å². The Morgan fingerprint density at radius 2 is 1.94 bits per heavy atom. The normalized spacial score (nSPS) is 20.2. The highest BCUT2D eigenvalue weighted by molar-refractivity contribution is 5.69. The number of unbranched alkanes of at least 4 members (excludes halogenated alkanes) is 2. The summed E-state index contributed by atoms with van der Waals surface area (Å²) >= 11 is 0. The number of hydrogen-bond acceptors (Lipinski definition) is 8. The predicted octanol–water partition coefficient (Wildman–Crippen LogP) is 4.15. The Morgan fingerprint density at radius 1 is 1.19 bits per heavy atom. The summed E-state index contributed by atoms with van der Waals surface area (Å²) in [5, 5.41) is 30.4. The van der Waals surface area contributed by atoms with Crippen LogP contribution < -0.4 is 15.2 Å². The highest BCUT2D eigenvalue weighted by Gasteiger charge is 2.55. The second-order valence-corrected chi connectivity index (χ2v) is 8.75. The number of rotatable bonds is 8. The average molecular weight is 490 g/mol. The molecule has 2 N–H and O–H groups in total. The van der Waals surface area contributed by atoms with E-state index in [9.17, 15) is 20.6 Å². The fraction of sp³-hybridized carbons (Fsp3) is 0.481. The SMILES string of the molecule is CCCCCOc1ccc([C@H]2[C@@H]3CN(C(=O)OCC)CC=C3C(C#N)=C(N)C2(C#N)C#N)cc1OC. The third-order valence-electron chi connectivity index (χ3n) is 6.74. The first kappa shape index (κ1) is 26.4. The van der Waals surface area contributed by atoms with Gasteiger partial charge in [0.2, 0.25) is 0 Å². The number of methoxy groups -OCH3 is 1. The number of nitrogens with zero attached hydrogens (tertiary/aromatic N) is 4. The smallest absolute Gasteiger partial charge is 0.410 e. The maximum atomic E-state index is 12.5. The number of ether oxygens (including phenoxy) is 3. The number of fused-ring (bicyclic) bond motifs is 1. The number of nitriles is 3. The monoisotopic (exact) mass is 489 g/mol. The molecule has 1 aliphatic heterocycles. The zero-order valence-electron chi connectivity index (χ0n) is 20.9. The zero-order valence-corrected chi connectivity index (χ0v) is 20.9. The Hall–Kier alpha value is -4.16. The first-order valence-corrected chi connectivity index (χ1v) is 12.1. The quantitative estimate of drug-likeness (QED) is 0.536. The molecule has 36 heavy (non-hydrogen) atoms. The second-order valence-electron chi connectivity index (χ2n) is 8.75. The highest BCUT2D eigenvalue weighted by Crippen LogP contribution is 2.54. The van der Waals surface area contributed by atoms with Crippen molar-refractivity contribution in [2.75, 3.05) is 33.4 Å². The van der Waals surface area contributed by atoms with E-state index in [1.807, 2.05) is 0 Å². The minimum atomic E-state index is -1.82. The van der Waals surface area contributed by atoms with Gasteiger partial charge in [0.05, 0.1) is 43.7 Å². The Balaban J connectivity index is 2.13. The van der Waals surface area contributed by atoms with Crippen molar-refractivity contribution in [3.8, 4) is 29.7 Å². The van der Waals surface area contributed by atoms with E-state index in [0.717, 1.165) is 19.3 Å². The van der Waals surface area contributed by atoms with Gasteiger partial charge >= 0.3 is 6.09 Å². The van der Waals surface area contributed by atoms with Gasteiger partial charge in [-0.2, -0.15) is 15.8 Å². The molecule has 1 amide bonds. The van der Waals surface area contributed by atoms with Gasteiger partial charge in [0, 0.05) is 24.9 Å². The summed E-state index contributed by atoms with van der Waals surface area (Å²) in [5.74, 6) is -0.283. The summed E-state index contributed by atoms with van der Waals surface area (Å²) in [6.45, 7) is 4.99. The molecule has 0 radical (unpaired) electrons. The number of allylic oxidation sites excluding steroid dienone is 2. The van der Waals surface area contributed by atoms with Crippen molar-refractivity contribution in [1.82, 2.24) is 4.90 Å². The van der Waals surface area contributed by atoms with Gasteiger partial charge in [-0.25, -0.2) is 4.79 Å². The molecule has 0 spiro atoms. The van der Waals surface area contributed by atoms with Crippen LogP contribution in [0.25, 0.3) is 0 Å². The second kappa shape index (κ2) is 11.5. The third kappa shape index (κ3) is 4.68. The van der Waals surface area contributed by atoms with Crippen molar-refractivity contribution in [2.24, 2.45) is 17.1 Å². The van der Waals surface area contributed by atoms with Crippen molar-refractivity contribution in [1.29, 1.82) is 15.8 Å². The van der Waals surface area contributed by atoms with Crippen molar-refractivity contribution in [3.05, 3.63) is 46.7 Å². The molecule has 0 unspecified atom stereocenters. The molecule has 0 saturated carbocycles. The van der Waals surface area contributed by atoms with E-state index < -0.39 is 23.3 Å². The zero-order chi connectivity index (χ0) is 26.3. The van der Waals surface area contributed by atoms with Crippen LogP contribution in [-0.4, -0.2) is 44.4 Å². The Morgan fingerprint density at radius 3 is 2.56 bits per heavy atom. The molecule has 3 rings (SSSR count).